The number of hydrazine groups is 1. The maximum absolute atomic E-state index is 5.46. The van der Waals surface area contributed by atoms with Crippen molar-refractivity contribution in [2.45, 2.75) is 25.6 Å². The van der Waals surface area contributed by atoms with Crippen LogP contribution in [0.25, 0.3) is 0 Å². The van der Waals surface area contributed by atoms with Gasteiger partial charge in [-0.05, 0) is 6.92 Å². The van der Waals surface area contributed by atoms with Crippen molar-refractivity contribution < 1.29 is 4.84 Å². The second-order valence-corrected chi connectivity index (χ2v) is 4.34. The summed E-state index contributed by atoms with van der Waals surface area (Å²) in [7, 11) is 2.08. The molecule has 1 saturated heterocycles. The highest BCUT2D eigenvalue weighted by Gasteiger charge is 2.42. The van der Waals surface area contributed by atoms with E-state index < -0.39 is 0 Å². The first-order valence-corrected chi connectivity index (χ1v) is 5.58. The Hall–Kier alpha value is -1.55. The Bertz CT molecular complexity index is 418. The van der Waals surface area contributed by atoms with E-state index in [1.165, 1.54) is 0 Å². The fourth-order valence-corrected chi connectivity index (χ4v) is 2.26. The van der Waals surface area contributed by atoms with Crippen LogP contribution in [-0.4, -0.2) is 35.2 Å². The smallest absolute Gasteiger partial charge is 0.216 e. The van der Waals surface area contributed by atoms with E-state index in [-0.39, 0.29) is 6.23 Å². The van der Waals surface area contributed by atoms with E-state index in [9.17, 15) is 0 Å². The number of hydrogen-bond donors (Lipinski definition) is 0. The summed E-state index contributed by atoms with van der Waals surface area (Å²) in [5.41, 5.74) is 1.10. The summed E-state index contributed by atoms with van der Waals surface area (Å²) in [4.78, 5) is 5.46. The molecule has 3 rings (SSSR count). The highest BCUT2D eigenvalue weighted by atomic mass is 16.7. The molecule has 1 aromatic carbocycles. The maximum Gasteiger partial charge on any atom is 0.216 e. The Morgan fingerprint density at radius 3 is 2.81 bits per heavy atom. The quantitative estimate of drug-likeness (QED) is 0.716. The molecular formula is C12H15N3O. The molecule has 0 saturated carbocycles. The molecule has 0 N–H and O–H groups in total. The first kappa shape index (κ1) is 9.66. The lowest BCUT2D eigenvalue weighted by molar-refractivity contribution is -0.0255. The summed E-state index contributed by atoms with van der Waals surface area (Å²) < 4.78 is 0. The van der Waals surface area contributed by atoms with Crippen molar-refractivity contribution >= 4 is 5.84 Å². The minimum Gasteiger partial charge on any atom is -0.367 e. The van der Waals surface area contributed by atoms with Crippen molar-refractivity contribution in [2.75, 3.05) is 7.05 Å². The summed E-state index contributed by atoms with van der Waals surface area (Å²) in [5.74, 6) is 0.914. The first-order chi connectivity index (χ1) is 7.77. The highest BCUT2D eigenvalue weighted by molar-refractivity contribution is 5.99. The van der Waals surface area contributed by atoms with Gasteiger partial charge in [0.15, 0.2) is 5.84 Å². The second kappa shape index (κ2) is 3.49. The summed E-state index contributed by atoms with van der Waals surface area (Å²) >= 11 is 0. The highest BCUT2D eigenvalue weighted by Crippen LogP contribution is 2.30. The summed E-state index contributed by atoms with van der Waals surface area (Å²) in [6, 6.07) is 10.7. The van der Waals surface area contributed by atoms with Gasteiger partial charge in [-0.1, -0.05) is 35.5 Å². The number of hydrogen-bond acceptors (Lipinski definition) is 4. The summed E-state index contributed by atoms with van der Waals surface area (Å²) in [5, 5.41) is 8.51. The molecule has 84 valence electrons. The van der Waals surface area contributed by atoms with Crippen molar-refractivity contribution in [1.29, 1.82) is 0 Å². The van der Waals surface area contributed by atoms with Crippen molar-refractivity contribution in [3.63, 3.8) is 0 Å². The molecule has 0 bridgehead atoms. The van der Waals surface area contributed by atoms with Gasteiger partial charge in [-0.25, -0.2) is 10.0 Å². The normalized spacial score (nSPS) is 28.9. The molecule has 4 heteroatoms. The lowest BCUT2D eigenvalue weighted by Crippen LogP contribution is -2.42. The third-order valence-corrected chi connectivity index (χ3v) is 3.30. The molecular weight excluding hydrogens is 202 g/mol. The van der Waals surface area contributed by atoms with Crippen molar-refractivity contribution in [1.82, 2.24) is 10.0 Å². The van der Waals surface area contributed by atoms with E-state index in [0.717, 1.165) is 17.8 Å². The summed E-state index contributed by atoms with van der Waals surface area (Å²) in [6.07, 6.45) is 1.08. The fourth-order valence-electron chi connectivity index (χ4n) is 2.26. The molecule has 1 fully saturated rings. The van der Waals surface area contributed by atoms with Crippen molar-refractivity contribution in [3.05, 3.63) is 35.9 Å². The zero-order valence-corrected chi connectivity index (χ0v) is 9.50. The largest absolute Gasteiger partial charge is 0.367 e. The zero-order valence-electron chi connectivity index (χ0n) is 9.50. The van der Waals surface area contributed by atoms with Crippen LogP contribution < -0.4 is 0 Å². The molecule has 2 atom stereocenters. The number of rotatable bonds is 1. The van der Waals surface area contributed by atoms with E-state index in [2.05, 4.69) is 41.3 Å². The topological polar surface area (TPSA) is 28.1 Å². The molecule has 0 aromatic heterocycles. The van der Waals surface area contributed by atoms with E-state index >= 15 is 0 Å². The summed E-state index contributed by atoms with van der Waals surface area (Å²) in [6.45, 7) is 2.20. The number of amidine groups is 1. The number of fused-ring (bicyclic) bond motifs is 1. The van der Waals surface area contributed by atoms with Crippen LogP contribution in [0.5, 0.6) is 0 Å². The van der Waals surface area contributed by atoms with Gasteiger partial charge in [0.05, 0.1) is 0 Å². The Kier molecular flexibility index (Phi) is 2.11. The minimum absolute atomic E-state index is 0.0789. The fraction of sp³-hybridized carbons (Fsp3) is 0.417. The lowest BCUT2D eigenvalue weighted by atomic mass is 10.2. The third kappa shape index (κ3) is 1.30. The molecule has 0 spiro atoms. The Balaban J connectivity index is 1.93. The van der Waals surface area contributed by atoms with Gasteiger partial charge in [0.25, 0.3) is 0 Å². The van der Waals surface area contributed by atoms with Crippen LogP contribution in [0.3, 0.4) is 0 Å². The van der Waals surface area contributed by atoms with E-state index in [4.69, 9.17) is 4.84 Å². The lowest BCUT2D eigenvalue weighted by Gasteiger charge is -2.26. The van der Waals surface area contributed by atoms with E-state index in [0.29, 0.717) is 6.04 Å². The Morgan fingerprint density at radius 1 is 1.31 bits per heavy atom. The first-order valence-electron chi connectivity index (χ1n) is 5.58. The molecule has 16 heavy (non-hydrogen) atoms. The number of nitrogens with zero attached hydrogens (tertiary/aromatic N) is 3. The minimum atomic E-state index is 0.0789. The van der Waals surface area contributed by atoms with Gasteiger partial charge in [0, 0.05) is 25.1 Å². The third-order valence-electron chi connectivity index (χ3n) is 3.30. The molecule has 2 aliphatic heterocycles. The van der Waals surface area contributed by atoms with Gasteiger partial charge in [0.2, 0.25) is 6.23 Å². The van der Waals surface area contributed by atoms with E-state index in [1.807, 2.05) is 18.2 Å². The molecule has 4 nitrogen and oxygen atoms in total. The number of oxime groups is 1. The van der Waals surface area contributed by atoms with Crippen LogP contribution in [-0.2, 0) is 4.84 Å². The molecule has 2 aliphatic rings. The van der Waals surface area contributed by atoms with Crippen LogP contribution in [0.4, 0.5) is 0 Å². The van der Waals surface area contributed by atoms with E-state index in [1.54, 1.807) is 0 Å². The number of benzene rings is 1. The Morgan fingerprint density at radius 2 is 2.06 bits per heavy atom. The van der Waals surface area contributed by atoms with Crippen molar-refractivity contribution in [3.8, 4) is 0 Å². The SMILES string of the molecule is C[C@H]1C[C@@H]2ON=C(c3ccccc3)N2N1C. The van der Waals surface area contributed by atoms with Crippen molar-refractivity contribution in [2.24, 2.45) is 5.16 Å². The van der Waals surface area contributed by atoms with Gasteiger partial charge in [-0.2, -0.15) is 0 Å². The molecule has 2 heterocycles. The van der Waals surface area contributed by atoms with Gasteiger partial charge in [-0.15, -0.1) is 0 Å². The average Bonchev–Trinajstić information content (AvgIpc) is 2.83. The van der Waals surface area contributed by atoms with Crippen LogP contribution in [0.2, 0.25) is 0 Å². The van der Waals surface area contributed by atoms with Gasteiger partial charge < -0.3 is 4.84 Å². The van der Waals surface area contributed by atoms with Crippen LogP contribution in [0.15, 0.2) is 35.5 Å². The standard InChI is InChI=1S/C12H15N3O/c1-9-8-11-15(14(9)2)12(13-16-11)10-6-4-3-5-7-10/h3-7,9,11H,8H2,1-2H3/t9-,11-/m0/s1. The molecule has 0 unspecified atom stereocenters. The van der Waals surface area contributed by atoms with Crippen LogP contribution >= 0.6 is 0 Å². The zero-order chi connectivity index (χ0) is 11.1. The predicted molar refractivity (Wildman–Crippen MR) is 61.5 cm³/mol. The van der Waals surface area contributed by atoms with Crippen LogP contribution in [0, 0.1) is 0 Å². The molecule has 0 amide bonds. The average molecular weight is 217 g/mol. The molecule has 1 aromatic rings. The predicted octanol–water partition coefficient (Wildman–Crippen LogP) is 1.65. The molecule has 0 radical (unpaired) electrons. The monoisotopic (exact) mass is 217 g/mol. The maximum atomic E-state index is 5.46. The molecule has 0 aliphatic carbocycles. The van der Waals surface area contributed by atoms with Gasteiger partial charge >= 0.3 is 0 Å². The van der Waals surface area contributed by atoms with Crippen LogP contribution in [0.1, 0.15) is 18.9 Å². The Labute approximate surface area is 95.1 Å². The van der Waals surface area contributed by atoms with Gasteiger partial charge in [-0.3, -0.25) is 0 Å². The second-order valence-electron chi connectivity index (χ2n) is 4.34. The van der Waals surface area contributed by atoms with Gasteiger partial charge in [0.1, 0.15) is 0 Å².